The van der Waals surface area contributed by atoms with Crippen molar-refractivity contribution in [2.75, 3.05) is 33.9 Å². The molecule has 2 fully saturated rings. The molecule has 1 aliphatic carbocycles. The minimum atomic E-state index is -0.302. The highest BCUT2D eigenvalue weighted by atomic mass is 16.7. The van der Waals surface area contributed by atoms with Crippen molar-refractivity contribution in [1.82, 2.24) is 10.2 Å². The highest BCUT2D eigenvalue weighted by molar-refractivity contribution is 5.77. The van der Waals surface area contributed by atoms with Gasteiger partial charge in [0.25, 0.3) is 0 Å². The summed E-state index contributed by atoms with van der Waals surface area (Å²) in [5.41, 5.74) is 0. The van der Waals surface area contributed by atoms with E-state index >= 15 is 0 Å². The number of hydrogen-bond donors (Lipinski definition) is 1. The predicted molar refractivity (Wildman–Crippen MR) is 63.6 cm³/mol. The number of amides is 1. The lowest BCUT2D eigenvalue weighted by molar-refractivity contribution is -0.179. The Labute approximate surface area is 102 Å². The fraction of sp³-hybridized carbons (Fsp3) is 0.917. The van der Waals surface area contributed by atoms with Crippen molar-refractivity contribution in [2.24, 2.45) is 0 Å². The van der Waals surface area contributed by atoms with E-state index < -0.39 is 0 Å². The summed E-state index contributed by atoms with van der Waals surface area (Å²) in [5, 5.41) is 3.31. The van der Waals surface area contributed by atoms with Crippen molar-refractivity contribution < 1.29 is 14.3 Å². The molecule has 98 valence electrons. The molecule has 0 unspecified atom stereocenters. The van der Waals surface area contributed by atoms with Gasteiger partial charge in [-0.15, -0.1) is 0 Å². The molecule has 17 heavy (non-hydrogen) atoms. The molecule has 1 N–H and O–H groups in total. The zero-order chi connectivity index (χ0) is 12.3. The molecule has 5 heteroatoms. The lowest BCUT2D eigenvalue weighted by Gasteiger charge is -2.35. The predicted octanol–water partition coefficient (Wildman–Crippen LogP) is 0.350. The lowest BCUT2D eigenvalue weighted by Crippen LogP contribution is -2.44. The van der Waals surface area contributed by atoms with Crippen LogP contribution in [0.25, 0.3) is 0 Å². The van der Waals surface area contributed by atoms with E-state index in [0.717, 1.165) is 38.9 Å². The van der Waals surface area contributed by atoms with E-state index in [1.807, 2.05) is 0 Å². The molecule has 1 saturated heterocycles. The van der Waals surface area contributed by atoms with Gasteiger partial charge in [-0.05, 0) is 12.8 Å². The van der Waals surface area contributed by atoms with Crippen LogP contribution >= 0.6 is 0 Å². The van der Waals surface area contributed by atoms with E-state index in [0.29, 0.717) is 12.6 Å². The van der Waals surface area contributed by atoms with Crippen molar-refractivity contribution in [2.45, 2.75) is 37.5 Å². The minimum Gasteiger partial charge on any atom is -0.348 e. The number of carbonyl (C=O) groups is 1. The molecule has 2 aliphatic rings. The Balaban J connectivity index is 1.70. The third-order valence-electron chi connectivity index (χ3n) is 3.60. The summed E-state index contributed by atoms with van der Waals surface area (Å²) in [4.78, 5) is 13.1. The van der Waals surface area contributed by atoms with Crippen LogP contribution in [0.3, 0.4) is 0 Å². The van der Waals surface area contributed by atoms with Gasteiger partial charge in [-0.3, -0.25) is 4.79 Å². The maximum absolute atomic E-state index is 11.4. The number of hydrogen-bond acceptors (Lipinski definition) is 4. The van der Waals surface area contributed by atoms with Gasteiger partial charge < -0.3 is 19.7 Å². The monoisotopic (exact) mass is 242 g/mol. The Bertz CT molecular complexity index is 265. The molecule has 0 bridgehead atoms. The van der Waals surface area contributed by atoms with Gasteiger partial charge in [0.1, 0.15) is 0 Å². The van der Waals surface area contributed by atoms with Crippen molar-refractivity contribution in [3.8, 4) is 0 Å². The number of carbonyl (C=O) groups excluding carboxylic acids is 1. The third kappa shape index (κ3) is 3.18. The molecule has 1 saturated carbocycles. The number of ether oxygens (including phenoxy) is 2. The molecule has 0 aromatic carbocycles. The number of likely N-dealkylation sites (N-methyl/N-ethyl adjacent to an activating group) is 1. The first-order chi connectivity index (χ1) is 8.11. The molecule has 1 aliphatic heterocycles. The molecule has 0 aromatic rings. The SMILES string of the molecule is CN(C)C(=O)CNC1CCC2(CC1)OCCO2. The van der Waals surface area contributed by atoms with Gasteiger partial charge in [-0.2, -0.15) is 0 Å². The van der Waals surface area contributed by atoms with E-state index in [9.17, 15) is 4.79 Å². The Morgan fingerprint density at radius 1 is 1.29 bits per heavy atom. The Kier molecular flexibility index (Phi) is 4.01. The Morgan fingerprint density at radius 2 is 1.88 bits per heavy atom. The fourth-order valence-electron chi connectivity index (χ4n) is 2.44. The molecular weight excluding hydrogens is 220 g/mol. The van der Waals surface area contributed by atoms with Gasteiger partial charge in [0.2, 0.25) is 5.91 Å². The normalized spacial score (nSPS) is 24.1. The molecular formula is C12H22N2O3. The van der Waals surface area contributed by atoms with Crippen LogP contribution in [0.15, 0.2) is 0 Å². The van der Waals surface area contributed by atoms with Gasteiger partial charge in [0, 0.05) is 33.0 Å². The second kappa shape index (κ2) is 5.33. The fourth-order valence-corrected chi connectivity index (χ4v) is 2.44. The molecule has 1 amide bonds. The summed E-state index contributed by atoms with van der Waals surface area (Å²) in [7, 11) is 3.56. The summed E-state index contributed by atoms with van der Waals surface area (Å²) < 4.78 is 11.3. The summed E-state index contributed by atoms with van der Waals surface area (Å²) in [6.07, 6.45) is 3.89. The summed E-state index contributed by atoms with van der Waals surface area (Å²) in [5.74, 6) is -0.178. The van der Waals surface area contributed by atoms with Gasteiger partial charge in [0.05, 0.1) is 19.8 Å². The topological polar surface area (TPSA) is 50.8 Å². The minimum absolute atomic E-state index is 0.124. The van der Waals surface area contributed by atoms with Crippen LogP contribution in [0.2, 0.25) is 0 Å². The van der Waals surface area contributed by atoms with Crippen molar-refractivity contribution in [3.05, 3.63) is 0 Å². The second-order valence-corrected chi connectivity index (χ2v) is 5.05. The lowest BCUT2D eigenvalue weighted by atomic mass is 9.90. The summed E-state index contributed by atoms with van der Waals surface area (Å²) >= 11 is 0. The molecule has 0 atom stereocenters. The standard InChI is InChI=1S/C12H22N2O3/c1-14(2)11(15)9-13-10-3-5-12(6-4-10)16-7-8-17-12/h10,13H,3-9H2,1-2H3. The van der Waals surface area contributed by atoms with Crippen molar-refractivity contribution in [3.63, 3.8) is 0 Å². The van der Waals surface area contributed by atoms with E-state index in [1.54, 1.807) is 19.0 Å². The zero-order valence-corrected chi connectivity index (χ0v) is 10.7. The van der Waals surface area contributed by atoms with Crippen LogP contribution in [0.5, 0.6) is 0 Å². The molecule has 1 spiro atoms. The molecule has 0 radical (unpaired) electrons. The first-order valence-corrected chi connectivity index (χ1v) is 6.33. The van der Waals surface area contributed by atoms with E-state index in [1.165, 1.54) is 0 Å². The molecule has 1 heterocycles. The van der Waals surface area contributed by atoms with Crippen molar-refractivity contribution >= 4 is 5.91 Å². The highest BCUT2D eigenvalue weighted by Gasteiger charge is 2.40. The Morgan fingerprint density at radius 3 is 2.41 bits per heavy atom. The first kappa shape index (κ1) is 12.8. The maximum Gasteiger partial charge on any atom is 0.236 e. The zero-order valence-electron chi connectivity index (χ0n) is 10.7. The van der Waals surface area contributed by atoms with Crippen LogP contribution in [-0.4, -0.2) is 56.5 Å². The van der Waals surface area contributed by atoms with Crippen molar-refractivity contribution in [1.29, 1.82) is 0 Å². The van der Waals surface area contributed by atoms with Crippen LogP contribution in [0.1, 0.15) is 25.7 Å². The van der Waals surface area contributed by atoms with Crippen LogP contribution < -0.4 is 5.32 Å². The summed E-state index contributed by atoms with van der Waals surface area (Å²) in [6.45, 7) is 1.86. The van der Waals surface area contributed by atoms with Gasteiger partial charge in [-0.1, -0.05) is 0 Å². The van der Waals surface area contributed by atoms with E-state index in [4.69, 9.17) is 9.47 Å². The second-order valence-electron chi connectivity index (χ2n) is 5.05. The number of nitrogens with one attached hydrogen (secondary N) is 1. The van der Waals surface area contributed by atoms with Gasteiger partial charge >= 0.3 is 0 Å². The van der Waals surface area contributed by atoms with E-state index in [2.05, 4.69) is 5.32 Å². The maximum atomic E-state index is 11.4. The average molecular weight is 242 g/mol. The number of rotatable bonds is 3. The van der Waals surface area contributed by atoms with Gasteiger partial charge in [-0.25, -0.2) is 0 Å². The van der Waals surface area contributed by atoms with Crippen LogP contribution in [0.4, 0.5) is 0 Å². The van der Waals surface area contributed by atoms with E-state index in [-0.39, 0.29) is 11.7 Å². The largest absolute Gasteiger partial charge is 0.348 e. The molecule has 5 nitrogen and oxygen atoms in total. The summed E-state index contributed by atoms with van der Waals surface area (Å²) in [6, 6.07) is 0.414. The van der Waals surface area contributed by atoms with Gasteiger partial charge in [0.15, 0.2) is 5.79 Å². The third-order valence-corrected chi connectivity index (χ3v) is 3.60. The van der Waals surface area contributed by atoms with Crippen LogP contribution in [-0.2, 0) is 14.3 Å². The molecule has 2 rings (SSSR count). The highest BCUT2D eigenvalue weighted by Crippen LogP contribution is 2.35. The average Bonchev–Trinajstić information content (AvgIpc) is 2.76. The molecule has 0 aromatic heterocycles. The Hall–Kier alpha value is -0.650. The smallest absolute Gasteiger partial charge is 0.236 e. The quantitative estimate of drug-likeness (QED) is 0.776. The van der Waals surface area contributed by atoms with Crippen LogP contribution in [0, 0.1) is 0 Å². The first-order valence-electron chi connectivity index (χ1n) is 6.33. The number of nitrogens with zero attached hydrogens (tertiary/aromatic N) is 1.